The van der Waals surface area contributed by atoms with Gasteiger partial charge in [0.15, 0.2) is 6.10 Å². The molecular formula is C16H23N3O6. The molecule has 1 atom stereocenters. The van der Waals surface area contributed by atoms with Crippen molar-refractivity contribution >= 4 is 23.3 Å². The number of benzene rings is 1. The molecule has 138 valence electrons. The van der Waals surface area contributed by atoms with Gasteiger partial charge in [-0.15, -0.1) is 0 Å². The van der Waals surface area contributed by atoms with Gasteiger partial charge in [-0.25, -0.2) is 4.79 Å². The lowest BCUT2D eigenvalue weighted by molar-refractivity contribution is -0.384. The van der Waals surface area contributed by atoms with E-state index in [0.29, 0.717) is 18.8 Å². The molecule has 0 saturated carbocycles. The minimum absolute atomic E-state index is 0.0190. The second kappa shape index (κ2) is 9.58. The molecule has 25 heavy (non-hydrogen) atoms. The number of nitro groups is 1. The van der Waals surface area contributed by atoms with Crippen molar-refractivity contribution in [1.29, 1.82) is 0 Å². The number of hydrogen-bond donors (Lipinski definition) is 2. The van der Waals surface area contributed by atoms with Gasteiger partial charge in [0.1, 0.15) is 0 Å². The standard InChI is InChI=1S/C16H23N3O6/c1-10(2)18-15(20)11(3)25-16(21)13-9-12(19(22)23)5-6-14(13)17-7-8-24-4/h5-6,9-11,17H,7-8H2,1-4H3,(H,18,20)/t11-/m0/s1. The monoisotopic (exact) mass is 353 g/mol. The van der Waals surface area contributed by atoms with Crippen molar-refractivity contribution in [3.63, 3.8) is 0 Å². The van der Waals surface area contributed by atoms with Gasteiger partial charge in [0.2, 0.25) is 0 Å². The van der Waals surface area contributed by atoms with Gasteiger partial charge in [0.25, 0.3) is 11.6 Å². The average molecular weight is 353 g/mol. The zero-order chi connectivity index (χ0) is 19.0. The first kappa shape index (κ1) is 20.4. The van der Waals surface area contributed by atoms with E-state index >= 15 is 0 Å². The molecule has 1 aromatic rings. The maximum absolute atomic E-state index is 12.4. The van der Waals surface area contributed by atoms with Crippen LogP contribution in [0.3, 0.4) is 0 Å². The van der Waals surface area contributed by atoms with Gasteiger partial charge in [0.05, 0.1) is 17.1 Å². The molecule has 0 bridgehead atoms. The van der Waals surface area contributed by atoms with E-state index in [4.69, 9.17) is 9.47 Å². The molecule has 9 heteroatoms. The van der Waals surface area contributed by atoms with Crippen molar-refractivity contribution in [2.75, 3.05) is 25.6 Å². The third kappa shape index (κ3) is 6.38. The Hall–Kier alpha value is -2.68. The summed E-state index contributed by atoms with van der Waals surface area (Å²) in [7, 11) is 1.53. The Morgan fingerprint density at radius 1 is 1.28 bits per heavy atom. The minimum Gasteiger partial charge on any atom is -0.449 e. The van der Waals surface area contributed by atoms with Crippen LogP contribution in [0.5, 0.6) is 0 Å². The summed E-state index contributed by atoms with van der Waals surface area (Å²) < 4.78 is 10.1. The fourth-order valence-corrected chi connectivity index (χ4v) is 1.94. The summed E-state index contributed by atoms with van der Waals surface area (Å²) in [6.45, 7) is 5.79. The number of nitrogens with one attached hydrogen (secondary N) is 2. The van der Waals surface area contributed by atoms with Gasteiger partial charge < -0.3 is 20.1 Å². The predicted octanol–water partition coefficient (Wildman–Crippen LogP) is 1.72. The van der Waals surface area contributed by atoms with Crippen LogP contribution >= 0.6 is 0 Å². The molecular weight excluding hydrogens is 330 g/mol. The van der Waals surface area contributed by atoms with Crippen molar-refractivity contribution in [3.05, 3.63) is 33.9 Å². The average Bonchev–Trinajstić information content (AvgIpc) is 2.54. The third-order valence-electron chi connectivity index (χ3n) is 3.14. The molecule has 0 fully saturated rings. The van der Waals surface area contributed by atoms with Gasteiger partial charge in [-0.3, -0.25) is 14.9 Å². The molecule has 2 N–H and O–H groups in total. The summed E-state index contributed by atoms with van der Waals surface area (Å²) in [5.74, 6) is -1.27. The minimum atomic E-state index is -1.03. The lowest BCUT2D eigenvalue weighted by atomic mass is 10.1. The number of rotatable bonds is 9. The topological polar surface area (TPSA) is 120 Å². The number of amides is 1. The summed E-state index contributed by atoms with van der Waals surface area (Å²) in [4.78, 5) is 34.6. The molecule has 1 amide bonds. The number of nitro benzene ring substituents is 1. The van der Waals surface area contributed by atoms with E-state index in [1.54, 1.807) is 13.8 Å². The van der Waals surface area contributed by atoms with E-state index in [2.05, 4.69) is 10.6 Å². The molecule has 1 rings (SSSR count). The van der Waals surface area contributed by atoms with Crippen molar-refractivity contribution in [2.45, 2.75) is 32.9 Å². The van der Waals surface area contributed by atoms with Gasteiger partial charge >= 0.3 is 5.97 Å². The van der Waals surface area contributed by atoms with Gasteiger partial charge in [-0.05, 0) is 26.8 Å². The number of esters is 1. The Morgan fingerprint density at radius 3 is 2.52 bits per heavy atom. The number of anilines is 1. The lowest BCUT2D eigenvalue weighted by Crippen LogP contribution is -2.39. The smallest absolute Gasteiger partial charge is 0.341 e. The molecule has 0 heterocycles. The molecule has 1 aromatic carbocycles. The van der Waals surface area contributed by atoms with Gasteiger partial charge in [0, 0.05) is 37.5 Å². The summed E-state index contributed by atoms with van der Waals surface area (Å²) in [6.07, 6.45) is -1.03. The molecule has 0 saturated heterocycles. The Labute approximate surface area is 145 Å². The highest BCUT2D eigenvalue weighted by Crippen LogP contribution is 2.23. The second-order valence-electron chi connectivity index (χ2n) is 5.62. The molecule has 0 unspecified atom stereocenters. The summed E-state index contributed by atoms with van der Waals surface area (Å²) in [5, 5.41) is 16.5. The summed E-state index contributed by atoms with van der Waals surface area (Å²) >= 11 is 0. The maximum atomic E-state index is 12.4. The SMILES string of the molecule is COCCNc1ccc([N+](=O)[O-])cc1C(=O)O[C@@H](C)C(=O)NC(C)C. The second-order valence-corrected chi connectivity index (χ2v) is 5.62. The highest BCUT2D eigenvalue weighted by atomic mass is 16.6. The van der Waals surface area contributed by atoms with E-state index < -0.39 is 22.9 Å². The number of ether oxygens (including phenoxy) is 2. The first-order valence-electron chi connectivity index (χ1n) is 7.78. The molecule has 0 aromatic heterocycles. The third-order valence-corrected chi connectivity index (χ3v) is 3.14. The Bertz CT molecular complexity index is 632. The van der Waals surface area contributed by atoms with Crippen molar-refractivity contribution < 1.29 is 24.0 Å². The number of carbonyl (C=O) groups excluding carboxylic acids is 2. The zero-order valence-electron chi connectivity index (χ0n) is 14.7. The summed E-state index contributed by atoms with van der Waals surface area (Å²) in [5.41, 5.74) is 0.0992. The lowest BCUT2D eigenvalue weighted by Gasteiger charge is -2.17. The first-order chi connectivity index (χ1) is 11.8. The summed E-state index contributed by atoms with van der Waals surface area (Å²) in [6, 6.07) is 3.71. The van der Waals surface area contributed by atoms with Crippen molar-refractivity contribution in [3.8, 4) is 0 Å². The van der Waals surface area contributed by atoms with Crippen LogP contribution in [0.1, 0.15) is 31.1 Å². The number of nitrogens with zero attached hydrogens (tertiary/aromatic N) is 1. The van der Waals surface area contributed by atoms with Crippen LogP contribution in [0, 0.1) is 10.1 Å². The normalized spacial score (nSPS) is 11.7. The Balaban J connectivity index is 2.97. The van der Waals surface area contributed by atoms with Crippen LogP contribution in [0.25, 0.3) is 0 Å². The largest absolute Gasteiger partial charge is 0.449 e. The first-order valence-corrected chi connectivity index (χ1v) is 7.78. The molecule has 0 aliphatic heterocycles. The van der Waals surface area contributed by atoms with E-state index in [9.17, 15) is 19.7 Å². The van der Waals surface area contributed by atoms with E-state index in [-0.39, 0.29) is 17.3 Å². The highest BCUT2D eigenvalue weighted by molar-refractivity contribution is 5.98. The molecule has 0 aliphatic rings. The zero-order valence-corrected chi connectivity index (χ0v) is 14.7. The van der Waals surface area contributed by atoms with Crippen molar-refractivity contribution in [2.24, 2.45) is 0 Å². The van der Waals surface area contributed by atoms with Gasteiger partial charge in [-0.2, -0.15) is 0 Å². The number of carbonyl (C=O) groups is 2. The molecule has 0 aliphatic carbocycles. The molecule has 0 radical (unpaired) electrons. The molecule has 9 nitrogen and oxygen atoms in total. The fourth-order valence-electron chi connectivity index (χ4n) is 1.94. The Morgan fingerprint density at radius 2 is 1.96 bits per heavy atom. The van der Waals surface area contributed by atoms with Crippen LogP contribution in [-0.2, 0) is 14.3 Å². The number of methoxy groups -OCH3 is 1. The van der Waals surface area contributed by atoms with Gasteiger partial charge in [-0.1, -0.05) is 0 Å². The van der Waals surface area contributed by atoms with E-state index in [1.807, 2.05) is 0 Å². The molecule has 0 spiro atoms. The van der Waals surface area contributed by atoms with Crippen LogP contribution in [0.4, 0.5) is 11.4 Å². The predicted molar refractivity (Wildman–Crippen MR) is 91.6 cm³/mol. The highest BCUT2D eigenvalue weighted by Gasteiger charge is 2.23. The maximum Gasteiger partial charge on any atom is 0.341 e. The quantitative estimate of drug-likeness (QED) is 0.300. The fraction of sp³-hybridized carbons (Fsp3) is 0.500. The van der Waals surface area contributed by atoms with Crippen LogP contribution in [0.2, 0.25) is 0 Å². The number of hydrogen-bond acceptors (Lipinski definition) is 7. The number of non-ortho nitro benzene ring substituents is 1. The Kier molecular flexibility index (Phi) is 7.80. The van der Waals surface area contributed by atoms with Crippen molar-refractivity contribution in [1.82, 2.24) is 5.32 Å². The van der Waals surface area contributed by atoms with E-state index in [1.165, 1.54) is 26.2 Å². The van der Waals surface area contributed by atoms with Crippen LogP contribution in [0.15, 0.2) is 18.2 Å². The van der Waals surface area contributed by atoms with Crippen LogP contribution < -0.4 is 10.6 Å². The van der Waals surface area contributed by atoms with E-state index in [0.717, 1.165) is 6.07 Å². The van der Waals surface area contributed by atoms with Crippen LogP contribution in [-0.4, -0.2) is 49.2 Å².